The molecule has 1 fully saturated rings. The second-order valence-electron chi connectivity index (χ2n) is 7.75. The number of carbonyl (C=O) groups excluding carboxylic acids is 2. The van der Waals surface area contributed by atoms with Crippen LogP contribution in [0.3, 0.4) is 0 Å². The lowest BCUT2D eigenvalue weighted by Crippen LogP contribution is -2.68. The maximum absolute atomic E-state index is 13.6. The van der Waals surface area contributed by atoms with Crippen LogP contribution in [-0.2, 0) is 20.7 Å². The summed E-state index contributed by atoms with van der Waals surface area (Å²) in [4.78, 5) is 28.9. The molecule has 0 bridgehead atoms. The Morgan fingerprint density at radius 3 is 2.28 bits per heavy atom. The predicted molar refractivity (Wildman–Crippen MR) is 127 cm³/mol. The number of thiophene rings is 1. The molecule has 32 heavy (non-hydrogen) atoms. The molecule has 2 aliphatic rings. The number of ether oxygens (including phenoxy) is 1. The van der Waals surface area contributed by atoms with Crippen LogP contribution >= 0.6 is 23.1 Å². The van der Waals surface area contributed by atoms with Crippen molar-refractivity contribution in [1.82, 2.24) is 4.90 Å². The van der Waals surface area contributed by atoms with Crippen LogP contribution in [0.1, 0.15) is 22.1 Å². The van der Waals surface area contributed by atoms with Crippen LogP contribution < -0.4 is 5.73 Å². The van der Waals surface area contributed by atoms with Crippen molar-refractivity contribution in [3.8, 4) is 0 Å². The summed E-state index contributed by atoms with van der Waals surface area (Å²) in [6.45, 7) is 0. The molecule has 5 rings (SSSR count). The maximum atomic E-state index is 13.6. The third-order valence-corrected chi connectivity index (χ3v) is 7.92. The molecular weight excluding hydrogens is 440 g/mol. The van der Waals surface area contributed by atoms with Crippen LogP contribution in [0.5, 0.6) is 0 Å². The second-order valence-corrected chi connectivity index (χ2v) is 9.89. The Labute approximate surface area is 194 Å². The van der Waals surface area contributed by atoms with Crippen LogP contribution in [0.15, 0.2) is 89.4 Å². The minimum absolute atomic E-state index is 0.218. The summed E-state index contributed by atoms with van der Waals surface area (Å²) in [7, 11) is 0. The number of hydrogen-bond donors (Lipinski definition) is 1. The minimum atomic E-state index is -0.579. The van der Waals surface area contributed by atoms with Gasteiger partial charge in [0.2, 0.25) is 5.91 Å². The number of rotatable bonds is 6. The molecule has 1 aromatic heterocycles. The number of amides is 1. The van der Waals surface area contributed by atoms with Crippen LogP contribution in [-0.4, -0.2) is 33.9 Å². The quantitative estimate of drug-likeness (QED) is 0.441. The molecule has 5 nitrogen and oxygen atoms in total. The van der Waals surface area contributed by atoms with E-state index in [0.29, 0.717) is 17.9 Å². The molecule has 0 spiro atoms. The van der Waals surface area contributed by atoms with E-state index in [1.807, 2.05) is 78.2 Å². The van der Waals surface area contributed by atoms with Crippen molar-refractivity contribution in [2.45, 2.75) is 23.9 Å². The van der Waals surface area contributed by atoms with Gasteiger partial charge in [-0.1, -0.05) is 66.7 Å². The van der Waals surface area contributed by atoms with Gasteiger partial charge in [-0.25, -0.2) is 4.79 Å². The molecule has 7 heteroatoms. The van der Waals surface area contributed by atoms with Crippen molar-refractivity contribution < 1.29 is 14.3 Å². The molecule has 2 aromatic carbocycles. The first-order chi connectivity index (χ1) is 15.6. The second kappa shape index (κ2) is 8.94. The van der Waals surface area contributed by atoms with Gasteiger partial charge in [-0.15, -0.1) is 23.1 Å². The zero-order valence-corrected chi connectivity index (χ0v) is 18.9. The number of nitrogens with zero attached hydrogens (tertiary/aromatic N) is 1. The van der Waals surface area contributed by atoms with Gasteiger partial charge in [0.05, 0.1) is 0 Å². The lowest BCUT2D eigenvalue weighted by molar-refractivity contribution is -0.153. The van der Waals surface area contributed by atoms with Gasteiger partial charge in [0.15, 0.2) is 6.10 Å². The summed E-state index contributed by atoms with van der Waals surface area (Å²) in [5, 5.41) is 1.79. The van der Waals surface area contributed by atoms with Gasteiger partial charge in [-0.3, -0.25) is 9.69 Å². The number of esters is 1. The number of fused-ring (bicyclic) bond motifs is 1. The SMILES string of the molecule is NC1C(=O)N2C(C(=O)OC(c3ccccc3)c3ccccc3)=C(Cc3cccs3)CSC12. The Balaban J connectivity index is 1.51. The van der Waals surface area contributed by atoms with Crippen LogP contribution in [0.2, 0.25) is 0 Å². The van der Waals surface area contributed by atoms with E-state index < -0.39 is 18.1 Å². The molecule has 3 aromatic rings. The third kappa shape index (κ3) is 3.88. The molecule has 0 radical (unpaired) electrons. The van der Waals surface area contributed by atoms with Gasteiger partial charge in [0, 0.05) is 17.1 Å². The third-order valence-electron chi connectivity index (χ3n) is 5.68. The Morgan fingerprint density at radius 2 is 1.69 bits per heavy atom. The number of carbonyl (C=O) groups is 2. The number of benzene rings is 2. The Hall–Kier alpha value is -2.87. The molecule has 1 saturated heterocycles. The molecule has 0 saturated carbocycles. The van der Waals surface area contributed by atoms with E-state index >= 15 is 0 Å². The van der Waals surface area contributed by atoms with Gasteiger partial charge in [0.25, 0.3) is 0 Å². The molecule has 2 N–H and O–H groups in total. The molecule has 2 aliphatic heterocycles. The highest BCUT2D eigenvalue weighted by Crippen LogP contribution is 2.41. The fraction of sp³-hybridized carbons (Fsp3) is 0.200. The molecular formula is C25H22N2O3S2. The highest BCUT2D eigenvalue weighted by Gasteiger charge is 2.52. The van der Waals surface area contributed by atoms with Gasteiger partial charge in [-0.2, -0.15) is 0 Å². The predicted octanol–water partition coefficient (Wildman–Crippen LogP) is 4.12. The molecule has 3 heterocycles. The summed E-state index contributed by atoms with van der Waals surface area (Å²) in [5.41, 5.74) is 9.02. The van der Waals surface area contributed by atoms with E-state index in [-0.39, 0.29) is 11.3 Å². The fourth-order valence-electron chi connectivity index (χ4n) is 4.07. The van der Waals surface area contributed by atoms with Crippen molar-refractivity contribution >= 4 is 35.0 Å². The van der Waals surface area contributed by atoms with E-state index in [1.165, 1.54) is 4.90 Å². The van der Waals surface area contributed by atoms with Gasteiger partial charge in [-0.05, 0) is 28.1 Å². The number of hydrogen-bond acceptors (Lipinski definition) is 6. The zero-order chi connectivity index (χ0) is 22.1. The highest BCUT2D eigenvalue weighted by atomic mass is 32.2. The fourth-order valence-corrected chi connectivity index (χ4v) is 6.11. The zero-order valence-electron chi connectivity index (χ0n) is 17.2. The first-order valence-electron chi connectivity index (χ1n) is 10.4. The number of nitrogens with two attached hydrogens (primary N) is 1. The lowest BCUT2D eigenvalue weighted by atomic mass is 10.00. The summed E-state index contributed by atoms with van der Waals surface area (Å²) in [6.07, 6.45) is 0.0424. The van der Waals surface area contributed by atoms with Gasteiger partial charge in [0.1, 0.15) is 17.1 Å². The molecule has 2 unspecified atom stereocenters. The highest BCUT2D eigenvalue weighted by molar-refractivity contribution is 8.00. The topological polar surface area (TPSA) is 72.6 Å². The summed E-state index contributed by atoms with van der Waals surface area (Å²) < 4.78 is 6.11. The molecule has 1 amide bonds. The summed E-state index contributed by atoms with van der Waals surface area (Å²) >= 11 is 3.24. The lowest BCUT2D eigenvalue weighted by Gasteiger charge is -2.48. The first-order valence-corrected chi connectivity index (χ1v) is 12.3. The average molecular weight is 463 g/mol. The van der Waals surface area contributed by atoms with E-state index in [2.05, 4.69) is 0 Å². The van der Waals surface area contributed by atoms with Crippen LogP contribution in [0.25, 0.3) is 0 Å². The number of thioether (sulfide) groups is 1. The van der Waals surface area contributed by atoms with E-state index in [4.69, 9.17) is 10.5 Å². The Morgan fingerprint density at radius 1 is 1.03 bits per heavy atom. The van der Waals surface area contributed by atoms with Crippen molar-refractivity contribution in [2.75, 3.05) is 5.75 Å². The van der Waals surface area contributed by atoms with E-state index in [0.717, 1.165) is 21.6 Å². The van der Waals surface area contributed by atoms with Crippen molar-refractivity contribution in [3.63, 3.8) is 0 Å². The monoisotopic (exact) mass is 462 g/mol. The van der Waals surface area contributed by atoms with Crippen molar-refractivity contribution in [2.24, 2.45) is 5.73 Å². The van der Waals surface area contributed by atoms with Crippen molar-refractivity contribution in [3.05, 3.63) is 105 Å². The van der Waals surface area contributed by atoms with Crippen molar-refractivity contribution in [1.29, 1.82) is 0 Å². The van der Waals surface area contributed by atoms with E-state index in [9.17, 15) is 9.59 Å². The Bertz CT molecular complexity index is 1110. The average Bonchev–Trinajstić information content (AvgIpc) is 3.36. The largest absolute Gasteiger partial charge is 0.448 e. The van der Waals surface area contributed by atoms with Crippen LogP contribution in [0.4, 0.5) is 0 Å². The first kappa shape index (κ1) is 21.0. The molecule has 0 aliphatic carbocycles. The summed E-state index contributed by atoms with van der Waals surface area (Å²) in [6, 6.07) is 22.8. The smallest absolute Gasteiger partial charge is 0.356 e. The molecule has 162 valence electrons. The summed E-state index contributed by atoms with van der Waals surface area (Å²) in [5.74, 6) is -0.0696. The Kier molecular flexibility index (Phi) is 5.87. The van der Waals surface area contributed by atoms with Crippen LogP contribution in [0, 0.1) is 0 Å². The standard InChI is InChI=1S/C25H22N2O3S2/c26-20-23(28)27-21(18(15-32-24(20)27)14-19-12-7-13-31-19)25(29)30-22(16-8-3-1-4-9-16)17-10-5-2-6-11-17/h1-13,20,22,24H,14-15,26H2. The minimum Gasteiger partial charge on any atom is -0.448 e. The maximum Gasteiger partial charge on any atom is 0.356 e. The normalized spacial score (nSPS) is 20.2. The number of β-lactam (4-membered cyclic amide) rings is 1. The molecule has 2 atom stereocenters. The van der Waals surface area contributed by atoms with E-state index in [1.54, 1.807) is 23.1 Å². The van der Waals surface area contributed by atoms with Gasteiger partial charge >= 0.3 is 5.97 Å². The van der Waals surface area contributed by atoms with Gasteiger partial charge < -0.3 is 10.5 Å².